The normalized spacial score (nSPS) is 49.8. The van der Waals surface area contributed by atoms with E-state index in [0.29, 0.717) is 0 Å². The van der Waals surface area contributed by atoms with E-state index >= 15 is 0 Å². The molecule has 1 aliphatic carbocycles. The number of hydrogen-bond acceptors (Lipinski definition) is 4. The van der Waals surface area contributed by atoms with E-state index in [9.17, 15) is 0 Å². The topological polar surface area (TPSA) is 36.1 Å². The van der Waals surface area contributed by atoms with E-state index in [1.54, 1.807) is 0 Å². The van der Waals surface area contributed by atoms with Gasteiger partial charge in [-0.3, -0.25) is 10.0 Å². The molecule has 2 aliphatic heterocycles. The second-order valence-corrected chi connectivity index (χ2v) is 5.39. The molecular formula is C9H17N3S. The molecule has 0 aromatic heterocycles. The molecule has 0 aromatic rings. The molecule has 0 bridgehead atoms. The second kappa shape index (κ2) is 3.42. The molecule has 1 saturated carbocycles. The summed E-state index contributed by atoms with van der Waals surface area (Å²) in [7, 11) is 0. The molecule has 0 radical (unpaired) electrons. The van der Waals surface area contributed by atoms with Gasteiger partial charge in [-0.25, -0.2) is 0 Å². The van der Waals surface area contributed by atoms with Crippen LogP contribution in [0.2, 0.25) is 0 Å². The Bertz CT molecular complexity index is 199. The molecule has 4 atom stereocenters. The first kappa shape index (κ1) is 8.53. The number of hydrogen-bond donors (Lipinski definition) is 3. The Labute approximate surface area is 83.5 Å². The predicted molar refractivity (Wildman–Crippen MR) is 55.4 cm³/mol. The first-order valence-electron chi connectivity index (χ1n) is 5.30. The summed E-state index contributed by atoms with van der Waals surface area (Å²) in [6.45, 7) is 2.22. The molecule has 13 heavy (non-hydrogen) atoms. The maximum atomic E-state index is 3.59. The average molecular weight is 199 g/mol. The Morgan fingerprint density at radius 3 is 3.08 bits per heavy atom. The van der Waals surface area contributed by atoms with E-state index < -0.39 is 0 Å². The van der Waals surface area contributed by atoms with Crippen LogP contribution in [0.25, 0.3) is 0 Å². The van der Waals surface area contributed by atoms with Gasteiger partial charge in [0.25, 0.3) is 0 Å². The van der Waals surface area contributed by atoms with Crippen LogP contribution in [0, 0.1) is 5.92 Å². The van der Waals surface area contributed by atoms with Gasteiger partial charge in [-0.05, 0) is 25.2 Å². The van der Waals surface area contributed by atoms with Crippen molar-refractivity contribution in [3.63, 3.8) is 0 Å². The Kier molecular flexibility index (Phi) is 2.25. The molecule has 3 N–H and O–H groups in total. The first-order chi connectivity index (χ1) is 6.45. The first-order valence-corrected chi connectivity index (χ1v) is 6.18. The van der Waals surface area contributed by atoms with E-state index in [1.807, 2.05) is 11.9 Å². The standard InChI is InChI=1S/C9H17N3S/c1-2-7-8(11-5-10-7)9-6(1)3-4-12-13-9/h6-12H,1-5H2. The highest BCUT2D eigenvalue weighted by atomic mass is 32.2. The SMILES string of the molecule is C1CC2CCC3NCNC3C2SN1. The molecule has 4 heteroatoms. The van der Waals surface area contributed by atoms with Crippen LogP contribution in [0.5, 0.6) is 0 Å². The summed E-state index contributed by atoms with van der Waals surface area (Å²) in [6.07, 6.45) is 4.18. The van der Waals surface area contributed by atoms with Crippen LogP contribution in [0.15, 0.2) is 0 Å². The van der Waals surface area contributed by atoms with Crippen molar-refractivity contribution in [3.05, 3.63) is 0 Å². The maximum absolute atomic E-state index is 3.59. The molecule has 2 saturated heterocycles. The minimum Gasteiger partial charge on any atom is -0.300 e. The van der Waals surface area contributed by atoms with Gasteiger partial charge < -0.3 is 5.32 Å². The molecule has 2 heterocycles. The van der Waals surface area contributed by atoms with Crippen LogP contribution in [0.1, 0.15) is 19.3 Å². The van der Waals surface area contributed by atoms with E-state index in [1.165, 1.54) is 25.8 Å². The summed E-state index contributed by atoms with van der Waals surface area (Å²) >= 11 is 1.97. The minimum absolute atomic E-state index is 0.719. The number of nitrogens with one attached hydrogen (secondary N) is 3. The maximum Gasteiger partial charge on any atom is 0.0460 e. The van der Waals surface area contributed by atoms with Crippen LogP contribution in [0.3, 0.4) is 0 Å². The summed E-state index contributed by atoms with van der Waals surface area (Å²) < 4.78 is 3.45. The summed E-state index contributed by atoms with van der Waals surface area (Å²) in [5.74, 6) is 0.958. The van der Waals surface area contributed by atoms with Gasteiger partial charge in [0, 0.05) is 30.5 Å². The second-order valence-electron chi connectivity index (χ2n) is 4.32. The lowest BCUT2D eigenvalue weighted by molar-refractivity contribution is 0.274. The summed E-state index contributed by atoms with van der Waals surface area (Å²) in [6, 6.07) is 1.46. The van der Waals surface area contributed by atoms with Crippen LogP contribution in [-0.4, -0.2) is 30.5 Å². The zero-order valence-electron chi connectivity index (χ0n) is 7.75. The number of fused-ring (bicyclic) bond motifs is 3. The Balaban J connectivity index is 1.77. The fourth-order valence-electron chi connectivity index (χ4n) is 2.93. The molecule has 3 rings (SSSR count). The number of rotatable bonds is 0. The highest BCUT2D eigenvalue weighted by molar-refractivity contribution is 7.98. The van der Waals surface area contributed by atoms with Crippen LogP contribution in [-0.2, 0) is 0 Å². The van der Waals surface area contributed by atoms with E-state index in [4.69, 9.17) is 0 Å². The van der Waals surface area contributed by atoms with Crippen molar-refractivity contribution < 1.29 is 0 Å². The lowest BCUT2D eigenvalue weighted by Crippen LogP contribution is -2.52. The van der Waals surface area contributed by atoms with Crippen LogP contribution < -0.4 is 15.4 Å². The highest BCUT2D eigenvalue weighted by Gasteiger charge is 2.42. The molecule has 74 valence electrons. The third kappa shape index (κ3) is 1.40. The van der Waals surface area contributed by atoms with Gasteiger partial charge in [0.1, 0.15) is 0 Å². The van der Waals surface area contributed by atoms with Crippen molar-refractivity contribution in [2.75, 3.05) is 13.2 Å². The van der Waals surface area contributed by atoms with Crippen molar-refractivity contribution >= 4 is 11.9 Å². The van der Waals surface area contributed by atoms with Gasteiger partial charge >= 0.3 is 0 Å². The highest BCUT2D eigenvalue weighted by Crippen LogP contribution is 2.38. The zero-order chi connectivity index (χ0) is 8.67. The summed E-state index contributed by atoms with van der Waals surface area (Å²) in [5.41, 5.74) is 0. The van der Waals surface area contributed by atoms with Gasteiger partial charge in [0.15, 0.2) is 0 Å². The van der Waals surface area contributed by atoms with Crippen molar-refractivity contribution in [2.45, 2.75) is 36.6 Å². The largest absolute Gasteiger partial charge is 0.300 e. The summed E-state index contributed by atoms with van der Waals surface area (Å²) in [5, 5.41) is 7.93. The Morgan fingerprint density at radius 2 is 2.08 bits per heavy atom. The molecule has 0 aromatic carbocycles. The molecule has 3 nitrogen and oxygen atoms in total. The quantitative estimate of drug-likeness (QED) is 0.490. The average Bonchev–Trinajstić information content (AvgIpc) is 2.65. The molecular weight excluding hydrogens is 182 g/mol. The van der Waals surface area contributed by atoms with Crippen molar-refractivity contribution in [3.8, 4) is 0 Å². The predicted octanol–water partition coefficient (Wildman–Crippen LogP) is 0.294. The molecule has 4 unspecified atom stereocenters. The van der Waals surface area contributed by atoms with E-state index in [0.717, 1.165) is 29.9 Å². The van der Waals surface area contributed by atoms with E-state index in [-0.39, 0.29) is 0 Å². The molecule has 3 fully saturated rings. The third-order valence-electron chi connectivity index (χ3n) is 3.64. The van der Waals surface area contributed by atoms with Crippen LogP contribution in [0.4, 0.5) is 0 Å². The van der Waals surface area contributed by atoms with Gasteiger partial charge in [-0.2, -0.15) is 0 Å². The van der Waals surface area contributed by atoms with Crippen LogP contribution >= 0.6 is 11.9 Å². The van der Waals surface area contributed by atoms with E-state index in [2.05, 4.69) is 15.4 Å². The molecule has 3 aliphatic rings. The molecule has 0 spiro atoms. The van der Waals surface area contributed by atoms with Crippen molar-refractivity contribution in [1.29, 1.82) is 0 Å². The van der Waals surface area contributed by atoms with Crippen molar-refractivity contribution in [2.24, 2.45) is 5.92 Å². The van der Waals surface area contributed by atoms with Gasteiger partial charge in [0.05, 0.1) is 0 Å². The van der Waals surface area contributed by atoms with Gasteiger partial charge in [-0.15, -0.1) is 0 Å². The Morgan fingerprint density at radius 1 is 1.08 bits per heavy atom. The van der Waals surface area contributed by atoms with Gasteiger partial charge in [0.2, 0.25) is 0 Å². The van der Waals surface area contributed by atoms with Gasteiger partial charge in [-0.1, -0.05) is 11.9 Å². The Hall–Kier alpha value is 0.230. The molecule has 0 amide bonds. The van der Waals surface area contributed by atoms with Crippen molar-refractivity contribution in [1.82, 2.24) is 15.4 Å². The fraction of sp³-hybridized carbons (Fsp3) is 1.00. The monoisotopic (exact) mass is 199 g/mol. The lowest BCUT2D eigenvalue weighted by Gasteiger charge is -2.41. The minimum atomic E-state index is 0.719. The zero-order valence-corrected chi connectivity index (χ0v) is 8.57. The fourth-order valence-corrected chi connectivity index (χ4v) is 4.26. The smallest absolute Gasteiger partial charge is 0.0460 e. The summed E-state index contributed by atoms with van der Waals surface area (Å²) in [4.78, 5) is 0. The lowest BCUT2D eigenvalue weighted by atomic mass is 9.81. The third-order valence-corrected chi connectivity index (χ3v) is 4.96.